The standard InChI is InChI=1S/C16H14N4O2/c21-14-9-5-4-8-13(14)16(22)17-10-15-19-18-11-20(15)12-6-2-1-3-7-12/h1-9,11,21H,10H2,(H,17,22). The highest BCUT2D eigenvalue weighted by molar-refractivity contribution is 5.96. The molecule has 110 valence electrons. The van der Waals surface area contributed by atoms with Crippen molar-refractivity contribution in [3.8, 4) is 11.4 Å². The van der Waals surface area contributed by atoms with Crippen LogP contribution in [0, 0.1) is 0 Å². The highest BCUT2D eigenvalue weighted by atomic mass is 16.3. The van der Waals surface area contributed by atoms with E-state index < -0.39 is 0 Å². The summed E-state index contributed by atoms with van der Waals surface area (Å²) in [6.07, 6.45) is 1.59. The minimum atomic E-state index is -0.360. The van der Waals surface area contributed by atoms with Crippen molar-refractivity contribution in [3.05, 3.63) is 72.3 Å². The van der Waals surface area contributed by atoms with Gasteiger partial charge in [0.2, 0.25) is 0 Å². The van der Waals surface area contributed by atoms with Crippen LogP contribution in [0.25, 0.3) is 5.69 Å². The Morgan fingerprint density at radius 3 is 2.59 bits per heavy atom. The summed E-state index contributed by atoms with van der Waals surface area (Å²) in [5.41, 5.74) is 1.15. The molecule has 0 aliphatic heterocycles. The van der Waals surface area contributed by atoms with Crippen molar-refractivity contribution in [2.45, 2.75) is 6.54 Å². The molecule has 0 saturated carbocycles. The van der Waals surface area contributed by atoms with Gasteiger partial charge in [0.05, 0.1) is 12.1 Å². The van der Waals surface area contributed by atoms with E-state index in [4.69, 9.17) is 0 Å². The SMILES string of the molecule is O=C(NCc1nncn1-c1ccccc1)c1ccccc1O. The lowest BCUT2D eigenvalue weighted by atomic mass is 10.2. The van der Waals surface area contributed by atoms with Crippen LogP contribution in [-0.2, 0) is 6.54 Å². The molecule has 0 saturated heterocycles. The molecule has 0 fully saturated rings. The molecule has 1 aromatic heterocycles. The van der Waals surface area contributed by atoms with Crippen LogP contribution in [0.15, 0.2) is 60.9 Å². The number of nitrogens with zero attached hydrogens (tertiary/aromatic N) is 3. The molecule has 22 heavy (non-hydrogen) atoms. The molecular weight excluding hydrogens is 280 g/mol. The van der Waals surface area contributed by atoms with Gasteiger partial charge in [-0.1, -0.05) is 30.3 Å². The third-order valence-corrected chi connectivity index (χ3v) is 3.21. The fourth-order valence-corrected chi connectivity index (χ4v) is 2.10. The molecule has 1 heterocycles. The predicted octanol–water partition coefficient (Wildman–Crippen LogP) is 1.90. The number of rotatable bonds is 4. The summed E-state index contributed by atoms with van der Waals surface area (Å²) in [4.78, 5) is 12.1. The summed E-state index contributed by atoms with van der Waals surface area (Å²) < 4.78 is 1.80. The average molecular weight is 294 g/mol. The lowest BCUT2D eigenvalue weighted by Gasteiger charge is -2.08. The molecule has 0 radical (unpaired) electrons. The van der Waals surface area contributed by atoms with Gasteiger partial charge in [0.15, 0.2) is 5.82 Å². The molecule has 0 unspecified atom stereocenters. The van der Waals surface area contributed by atoms with Crippen LogP contribution in [0.2, 0.25) is 0 Å². The van der Waals surface area contributed by atoms with Crippen LogP contribution < -0.4 is 5.32 Å². The number of para-hydroxylation sites is 2. The summed E-state index contributed by atoms with van der Waals surface area (Å²) in [5.74, 6) is 0.195. The molecule has 0 aliphatic carbocycles. The zero-order chi connectivity index (χ0) is 15.4. The van der Waals surface area contributed by atoms with Crippen molar-refractivity contribution in [1.82, 2.24) is 20.1 Å². The first-order valence-corrected chi connectivity index (χ1v) is 6.76. The molecule has 0 spiro atoms. The summed E-state index contributed by atoms with van der Waals surface area (Å²) in [6.45, 7) is 0.210. The van der Waals surface area contributed by atoms with Crippen molar-refractivity contribution in [1.29, 1.82) is 0 Å². The number of carbonyl (C=O) groups excluding carboxylic acids is 1. The van der Waals surface area contributed by atoms with E-state index in [-0.39, 0.29) is 23.8 Å². The molecule has 0 bridgehead atoms. The number of carbonyl (C=O) groups is 1. The molecule has 6 nitrogen and oxygen atoms in total. The molecule has 2 aromatic carbocycles. The Balaban J connectivity index is 1.75. The number of benzene rings is 2. The highest BCUT2D eigenvalue weighted by Crippen LogP contribution is 2.15. The number of nitrogens with one attached hydrogen (secondary N) is 1. The Morgan fingerprint density at radius 2 is 1.82 bits per heavy atom. The number of phenolic OH excluding ortho intramolecular Hbond substituents is 1. The van der Waals surface area contributed by atoms with E-state index in [2.05, 4.69) is 15.5 Å². The molecule has 3 aromatic rings. The van der Waals surface area contributed by atoms with Gasteiger partial charge in [-0.25, -0.2) is 0 Å². The van der Waals surface area contributed by atoms with E-state index in [0.29, 0.717) is 5.82 Å². The van der Waals surface area contributed by atoms with Crippen LogP contribution in [0.3, 0.4) is 0 Å². The summed E-state index contributed by atoms with van der Waals surface area (Å²) >= 11 is 0. The van der Waals surface area contributed by atoms with Gasteiger partial charge >= 0.3 is 0 Å². The van der Waals surface area contributed by atoms with Crippen LogP contribution in [0.5, 0.6) is 5.75 Å². The van der Waals surface area contributed by atoms with E-state index in [1.54, 1.807) is 29.1 Å². The normalized spacial score (nSPS) is 10.4. The Kier molecular flexibility index (Phi) is 3.82. The van der Waals surface area contributed by atoms with E-state index in [1.165, 1.54) is 6.07 Å². The number of aromatic nitrogens is 3. The largest absolute Gasteiger partial charge is 0.507 e. The number of hydrogen-bond donors (Lipinski definition) is 2. The molecule has 6 heteroatoms. The van der Waals surface area contributed by atoms with Gasteiger partial charge < -0.3 is 10.4 Å². The quantitative estimate of drug-likeness (QED) is 0.770. The topological polar surface area (TPSA) is 80.0 Å². The van der Waals surface area contributed by atoms with Crippen LogP contribution >= 0.6 is 0 Å². The molecule has 3 rings (SSSR count). The molecule has 2 N–H and O–H groups in total. The Labute approximate surface area is 127 Å². The molecular formula is C16H14N4O2. The maximum absolute atomic E-state index is 12.1. The lowest BCUT2D eigenvalue weighted by Crippen LogP contribution is -2.24. The number of amides is 1. The number of phenols is 1. The van der Waals surface area contributed by atoms with E-state index in [1.807, 2.05) is 30.3 Å². The van der Waals surface area contributed by atoms with Gasteiger partial charge in [-0.2, -0.15) is 0 Å². The monoisotopic (exact) mass is 294 g/mol. The summed E-state index contributed by atoms with van der Waals surface area (Å²) in [5, 5.41) is 20.3. The Hall–Kier alpha value is -3.15. The van der Waals surface area contributed by atoms with Crippen LogP contribution in [-0.4, -0.2) is 25.8 Å². The maximum Gasteiger partial charge on any atom is 0.255 e. The fourth-order valence-electron chi connectivity index (χ4n) is 2.10. The zero-order valence-electron chi connectivity index (χ0n) is 11.7. The highest BCUT2D eigenvalue weighted by Gasteiger charge is 2.12. The average Bonchev–Trinajstić information content (AvgIpc) is 3.02. The van der Waals surface area contributed by atoms with Crippen LogP contribution in [0.4, 0.5) is 0 Å². The van der Waals surface area contributed by atoms with Crippen LogP contribution in [0.1, 0.15) is 16.2 Å². The molecule has 1 amide bonds. The second-order valence-electron chi connectivity index (χ2n) is 4.65. The second kappa shape index (κ2) is 6.09. The van der Waals surface area contributed by atoms with Crippen molar-refractivity contribution < 1.29 is 9.90 Å². The fraction of sp³-hybridized carbons (Fsp3) is 0.0625. The molecule has 0 aliphatic rings. The van der Waals surface area contributed by atoms with Gasteiger partial charge in [0.25, 0.3) is 5.91 Å². The van der Waals surface area contributed by atoms with Gasteiger partial charge in [-0.3, -0.25) is 9.36 Å². The first-order chi connectivity index (χ1) is 10.8. The van der Waals surface area contributed by atoms with E-state index in [0.717, 1.165) is 5.69 Å². The minimum absolute atomic E-state index is 0.0514. The van der Waals surface area contributed by atoms with E-state index in [9.17, 15) is 9.90 Å². The first kappa shape index (κ1) is 13.8. The predicted molar refractivity (Wildman–Crippen MR) is 80.6 cm³/mol. The smallest absolute Gasteiger partial charge is 0.255 e. The van der Waals surface area contributed by atoms with Gasteiger partial charge in [-0.05, 0) is 24.3 Å². The van der Waals surface area contributed by atoms with E-state index >= 15 is 0 Å². The summed E-state index contributed by atoms with van der Waals surface area (Å²) in [7, 11) is 0. The van der Waals surface area contributed by atoms with Gasteiger partial charge in [0, 0.05) is 5.69 Å². The minimum Gasteiger partial charge on any atom is -0.507 e. The second-order valence-corrected chi connectivity index (χ2v) is 4.65. The van der Waals surface area contributed by atoms with Gasteiger partial charge in [0.1, 0.15) is 12.1 Å². The van der Waals surface area contributed by atoms with Gasteiger partial charge in [-0.15, -0.1) is 10.2 Å². The van der Waals surface area contributed by atoms with Crippen molar-refractivity contribution in [2.24, 2.45) is 0 Å². The maximum atomic E-state index is 12.1. The third-order valence-electron chi connectivity index (χ3n) is 3.21. The Bertz CT molecular complexity index is 784. The number of aromatic hydroxyl groups is 1. The summed E-state index contributed by atoms with van der Waals surface area (Å²) in [6, 6.07) is 16.0. The molecule has 0 atom stereocenters. The number of hydrogen-bond acceptors (Lipinski definition) is 4. The first-order valence-electron chi connectivity index (χ1n) is 6.76. The lowest BCUT2D eigenvalue weighted by molar-refractivity contribution is 0.0947. The third kappa shape index (κ3) is 2.80. The van der Waals surface area contributed by atoms with Crippen molar-refractivity contribution in [2.75, 3.05) is 0 Å². The Morgan fingerprint density at radius 1 is 1.09 bits per heavy atom. The van der Waals surface area contributed by atoms with Crippen molar-refractivity contribution in [3.63, 3.8) is 0 Å². The zero-order valence-corrected chi connectivity index (χ0v) is 11.7. The van der Waals surface area contributed by atoms with Crippen molar-refractivity contribution >= 4 is 5.91 Å².